The average molecular weight is 416 g/mol. The molecule has 2 aromatic rings. The van der Waals surface area contributed by atoms with Gasteiger partial charge in [0.1, 0.15) is 10.9 Å². The lowest BCUT2D eigenvalue weighted by molar-refractivity contribution is 0.0801. The molecule has 0 radical (unpaired) electrons. The quantitative estimate of drug-likeness (QED) is 0.769. The zero-order valence-electron chi connectivity index (χ0n) is 14.0. The highest BCUT2D eigenvalue weighted by Gasteiger charge is 2.24. The van der Waals surface area contributed by atoms with E-state index in [0.29, 0.717) is 39.8 Å². The van der Waals surface area contributed by atoms with Crippen LogP contribution in [-0.2, 0) is 11.3 Å². The summed E-state index contributed by atoms with van der Waals surface area (Å²) < 4.78 is 6.44. The molecule has 1 aliphatic heterocycles. The number of hydrogen-bond acceptors (Lipinski definition) is 4. The Morgan fingerprint density at radius 3 is 2.73 bits per heavy atom. The number of rotatable bonds is 5. The zero-order valence-corrected chi connectivity index (χ0v) is 16.3. The molecule has 0 bridgehead atoms. The summed E-state index contributed by atoms with van der Waals surface area (Å²) in [6.07, 6.45) is 4.69. The molecule has 140 valence electrons. The van der Waals surface area contributed by atoms with Gasteiger partial charge in [-0.2, -0.15) is 0 Å². The Bertz CT molecular complexity index is 755. The van der Waals surface area contributed by atoms with Gasteiger partial charge in [-0.25, -0.2) is 4.79 Å². The highest BCUT2D eigenvalue weighted by Crippen LogP contribution is 2.31. The van der Waals surface area contributed by atoms with E-state index in [1.54, 1.807) is 29.4 Å². The van der Waals surface area contributed by atoms with Gasteiger partial charge < -0.3 is 19.9 Å². The summed E-state index contributed by atoms with van der Waals surface area (Å²) in [6.45, 7) is 1.95. The highest BCUT2D eigenvalue weighted by molar-refractivity contribution is 7.20. The molecule has 3 rings (SSSR count). The van der Waals surface area contributed by atoms with Gasteiger partial charge in [0.15, 0.2) is 0 Å². The number of nitrogens with zero attached hydrogens (tertiary/aromatic N) is 1. The third-order valence-corrected chi connectivity index (χ3v) is 5.93. The first-order valence-electron chi connectivity index (χ1n) is 8.29. The van der Waals surface area contributed by atoms with E-state index in [1.807, 2.05) is 0 Å². The first kappa shape index (κ1) is 19.1. The van der Waals surface area contributed by atoms with Crippen molar-refractivity contribution in [1.29, 1.82) is 0 Å². The predicted octanol–water partition coefficient (Wildman–Crippen LogP) is 4.16. The normalized spacial score (nSPS) is 15.1. The molecule has 1 fully saturated rings. The van der Waals surface area contributed by atoms with Gasteiger partial charge in [-0.1, -0.05) is 23.2 Å². The molecule has 0 unspecified atom stereocenters. The number of piperidine rings is 1. The smallest absolute Gasteiger partial charge is 0.410 e. The summed E-state index contributed by atoms with van der Waals surface area (Å²) in [7, 11) is 0. The SMILES string of the molecule is O=C(NCC1CCN(C(=O)OCc2cc(Cl)sc2Cl)CC1)c1cc[nH]c1. The van der Waals surface area contributed by atoms with Crippen molar-refractivity contribution < 1.29 is 14.3 Å². The second-order valence-corrected chi connectivity index (χ2v) is 8.43. The first-order valence-corrected chi connectivity index (χ1v) is 9.86. The van der Waals surface area contributed by atoms with Crippen LogP contribution in [0.2, 0.25) is 8.67 Å². The fourth-order valence-corrected chi connectivity index (χ4v) is 4.29. The predicted molar refractivity (Wildman–Crippen MR) is 102 cm³/mol. The second-order valence-electron chi connectivity index (χ2n) is 6.14. The number of amides is 2. The lowest BCUT2D eigenvalue weighted by Crippen LogP contribution is -2.41. The van der Waals surface area contributed by atoms with E-state index in [1.165, 1.54) is 11.3 Å². The molecule has 2 N–H and O–H groups in total. The van der Waals surface area contributed by atoms with Gasteiger partial charge in [-0.15, -0.1) is 11.3 Å². The number of nitrogens with one attached hydrogen (secondary N) is 2. The Morgan fingerprint density at radius 2 is 2.12 bits per heavy atom. The number of aromatic nitrogens is 1. The maximum Gasteiger partial charge on any atom is 0.410 e. The zero-order chi connectivity index (χ0) is 18.5. The lowest BCUT2D eigenvalue weighted by Gasteiger charge is -2.31. The third-order valence-electron chi connectivity index (χ3n) is 4.36. The number of ether oxygens (including phenoxy) is 1. The summed E-state index contributed by atoms with van der Waals surface area (Å²) in [5.74, 6) is 0.270. The Kier molecular flexibility index (Phi) is 6.45. The number of carbonyl (C=O) groups excluding carboxylic acids is 2. The number of thiophene rings is 1. The minimum atomic E-state index is -0.349. The van der Waals surface area contributed by atoms with Gasteiger partial charge in [0, 0.05) is 37.6 Å². The number of aromatic amines is 1. The molecule has 0 atom stereocenters. The van der Waals surface area contributed by atoms with E-state index < -0.39 is 0 Å². The van der Waals surface area contributed by atoms with Crippen molar-refractivity contribution in [3.05, 3.63) is 44.3 Å². The number of carbonyl (C=O) groups is 2. The molecule has 26 heavy (non-hydrogen) atoms. The maximum atomic E-state index is 12.2. The van der Waals surface area contributed by atoms with Crippen LogP contribution >= 0.6 is 34.5 Å². The monoisotopic (exact) mass is 415 g/mol. The van der Waals surface area contributed by atoms with Crippen LogP contribution < -0.4 is 5.32 Å². The minimum Gasteiger partial charge on any atom is -0.444 e. The molecule has 1 saturated heterocycles. The van der Waals surface area contributed by atoms with Crippen molar-refractivity contribution in [3.8, 4) is 0 Å². The standard InChI is InChI=1S/C17H19Cl2N3O3S/c18-14-7-13(15(19)26-14)10-25-17(24)22-5-2-11(3-6-22)8-21-16(23)12-1-4-20-9-12/h1,4,7,9,11,20H,2-3,5-6,8,10H2,(H,21,23). The lowest BCUT2D eigenvalue weighted by atomic mass is 9.97. The van der Waals surface area contributed by atoms with Gasteiger partial charge in [-0.3, -0.25) is 4.79 Å². The summed E-state index contributed by atoms with van der Waals surface area (Å²) in [6, 6.07) is 3.45. The van der Waals surface area contributed by atoms with Crippen LogP contribution in [0.15, 0.2) is 24.5 Å². The second kappa shape index (κ2) is 8.79. The number of likely N-dealkylation sites (tertiary alicyclic amines) is 1. The third kappa shape index (κ3) is 4.93. The van der Waals surface area contributed by atoms with Gasteiger partial charge >= 0.3 is 6.09 Å². The van der Waals surface area contributed by atoms with Crippen LogP contribution in [0.3, 0.4) is 0 Å². The van der Waals surface area contributed by atoms with Crippen molar-refractivity contribution >= 4 is 46.5 Å². The van der Waals surface area contributed by atoms with Crippen molar-refractivity contribution in [2.24, 2.45) is 5.92 Å². The van der Waals surface area contributed by atoms with Crippen LogP contribution in [0, 0.1) is 5.92 Å². The molecule has 0 spiro atoms. The molecule has 2 amide bonds. The fourth-order valence-electron chi connectivity index (χ4n) is 2.83. The summed E-state index contributed by atoms with van der Waals surface area (Å²) >= 11 is 13.2. The van der Waals surface area contributed by atoms with Crippen LogP contribution in [-0.4, -0.2) is 41.5 Å². The van der Waals surface area contributed by atoms with E-state index in [2.05, 4.69) is 10.3 Å². The molecule has 0 saturated carbocycles. The largest absolute Gasteiger partial charge is 0.444 e. The van der Waals surface area contributed by atoms with Crippen molar-refractivity contribution in [3.63, 3.8) is 0 Å². The molecule has 6 nitrogen and oxygen atoms in total. The molecule has 0 aliphatic carbocycles. The summed E-state index contributed by atoms with van der Waals surface area (Å²) in [5.41, 5.74) is 1.34. The molecule has 1 aliphatic rings. The summed E-state index contributed by atoms with van der Waals surface area (Å²) in [4.78, 5) is 28.7. The topological polar surface area (TPSA) is 74.4 Å². The Balaban J connectivity index is 1.38. The maximum absolute atomic E-state index is 12.2. The van der Waals surface area contributed by atoms with Gasteiger partial charge in [0.25, 0.3) is 5.91 Å². The van der Waals surface area contributed by atoms with Gasteiger partial charge in [0.05, 0.1) is 9.90 Å². The Labute approximate surface area is 165 Å². The highest BCUT2D eigenvalue weighted by atomic mass is 35.5. The molecular formula is C17H19Cl2N3O3S. The van der Waals surface area contributed by atoms with Gasteiger partial charge in [-0.05, 0) is 30.9 Å². The van der Waals surface area contributed by atoms with Crippen molar-refractivity contribution in [2.75, 3.05) is 19.6 Å². The van der Waals surface area contributed by atoms with Crippen LogP contribution in [0.4, 0.5) is 4.79 Å². The molecular weight excluding hydrogens is 397 g/mol. The molecule has 2 aromatic heterocycles. The minimum absolute atomic E-state index is 0.0839. The molecule has 3 heterocycles. The average Bonchev–Trinajstić information content (AvgIpc) is 3.28. The number of H-pyrrole nitrogens is 1. The molecule has 9 heteroatoms. The van der Waals surface area contributed by atoms with Crippen LogP contribution in [0.5, 0.6) is 0 Å². The van der Waals surface area contributed by atoms with Crippen LogP contribution in [0.25, 0.3) is 0 Å². The van der Waals surface area contributed by atoms with E-state index in [-0.39, 0.29) is 18.6 Å². The number of halogens is 2. The molecule has 0 aromatic carbocycles. The van der Waals surface area contributed by atoms with Crippen molar-refractivity contribution in [1.82, 2.24) is 15.2 Å². The van der Waals surface area contributed by atoms with E-state index in [0.717, 1.165) is 18.4 Å². The van der Waals surface area contributed by atoms with E-state index in [4.69, 9.17) is 27.9 Å². The van der Waals surface area contributed by atoms with Gasteiger partial charge in [0.2, 0.25) is 0 Å². The van der Waals surface area contributed by atoms with Crippen LogP contribution in [0.1, 0.15) is 28.8 Å². The summed E-state index contributed by atoms with van der Waals surface area (Å²) in [5, 5.41) is 2.93. The number of hydrogen-bond donors (Lipinski definition) is 2. The fraction of sp³-hybridized carbons (Fsp3) is 0.412. The van der Waals surface area contributed by atoms with Crippen molar-refractivity contribution in [2.45, 2.75) is 19.4 Å². The Morgan fingerprint density at radius 1 is 1.35 bits per heavy atom. The van der Waals surface area contributed by atoms with E-state index in [9.17, 15) is 9.59 Å². The van der Waals surface area contributed by atoms with E-state index >= 15 is 0 Å². The Hall–Kier alpha value is -1.70. The first-order chi connectivity index (χ1) is 12.5.